The van der Waals surface area contributed by atoms with Crippen LogP contribution >= 0.6 is 0 Å². The summed E-state index contributed by atoms with van der Waals surface area (Å²) in [7, 11) is 0. The molecule has 11 aromatic rings. The van der Waals surface area contributed by atoms with E-state index < -0.39 is 0 Å². The predicted molar refractivity (Wildman–Crippen MR) is 210 cm³/mol. The monoisotopic (exact) mass is 652 g/mol. The molecule has 0 fully saturated rings. The number of hydrogen-bond donors (Lipinski definition) is 0. The third-order valence-corrected chi connectivity index (χ3v) is 10.3. The lowest BCUT2D eigenvalue weighted by Crippen LogP contribution is -1.81. The summed E-state index contributed by atoms with van der Waals surface area (Å²) in [5.74, 6) is 0. The van der Waals surface area contributed by atoms with Gasteiger partial charge in [0.15, 0.2) is 0 Å². The van der Waals surface area contributed by atoms with E-state index in [1.807, 2.05) is 24.3 Å². The van der Waals surface area contributed by atoms with Crippen LogP contribution in [-0.4, -0.2) is 0 Å². The van der Waals surface area contributed by atoms with Gasteiger partial charge in [0.2, 0.25) is 0 Å². The molecule has 3 heterocycles. The van der Waals surface area contributed by atoms with Crippen molar-refractivity contribution >= 4 is 65.8 Å². The van der Waals surface area contributed by atoms with Crippen molar-refractivity contribution in [3.05, 3.63) is 170 Å². The Labute approximate surface area is 292 Å². The van der Waals surface area contributed by atoms with E-state index in [-0.39, 0.29) is 0 Å². The van der Waals surface area contributed by atoms with Crippen LogP contribution in [0, 0.1) is 0 Å². The van der Waals surface area contributed by atoms with Crippen molar-refractivity contribution < 1.29 is 13.3 Å². The molecule has 3 aromatic heterocycles. The predicted octanol–water partition coefficient (Wildman–Crippen LogP) is 14.1. The van der Waals surface area contributed by atoms with Crippen LogP contribution in [-0.2, 0) is 0 Å². The lowest BCUT2D eigenvalue weighted by molar-refractivity contribution is 0.668. The van der Waals surface area contributed by atoms with Gasteiger partial charge in [0.25, 0.3) is 0 Å². The standard InChI is InChI=1S/C48H28O3/c1-3-10-43-37(6-1)39-23-20-33(26-45(39)49-43)29-12-14-30(15-13-29)34-21-24-40-41-25-22-35(28-47(41)50-46(40)27-34)31-16-18-32(19-17-31)36-8-5-9-42-38-7-2-4-11-44(38)51-48(36)42/h1-28H. The summed E-state index contributed by atoms with van der Waals surface area (Å²) in [6.45, 7) is 0. The van der Waals surface area contributed by atoms with E-state index in [1.165, 1.54) is 0 Å². The van der Waals surface area contributed by atoms with E-state index in [0.717, 1.165) is 110 Å². The van der Waals surface area contributed by atoms with Gasteiger partial charge < -0.3 is 13.3 Å². The molecule has 0 N–H and O–H groups in total. The van der Waals surface area contributed by atoms with Crippen molar-refractivity contribution in [2.45, 2.75) is 0 Å². The fourth-order valence-corrected chi connectivity index (χ4v) is 7.71. The number of rotatable bonds is 4. The van der Waals surface area contributed by atoms with Crippen molar-refractivity contribution in [1.29, 1.82) is 0 Å². The lowest BCUT2D eigenvalue weighted by Gasteiger charge is -2.06. The Morgan fingerprint density at radius 3 is 1.14 bits per heavy atom. The maximum atomic E-state index is 6.48. The summed E-state index contributed by atoms with van der Waals surface area (Å²) in [5.41, 5.74) is 14.4. The van der Waals surface area contributed by atoms with Gasteiger partial charge >= 0.3 is 0 Å². The SMILES string of the molecule is c1ccc2c(c1)oc1cc(-c3ccc(-c4ccc5c(c4)oc4cc(-c6ccc(-c7cccc8c7oc7ccccc78)cc6)ccc45)cc3)ccc12. The van der Waals surface area contributed by atoms with Crippen LogP contribution in [0.5, 0.6) is 0 Å². The van der Waals surface area contributed by atoms with E-state index in [9.17, 15) is 0 Å². The van der Waals surface area contributed by atoms with Crippen LogP contribution in [0.25, 0.3) is 110 Å². The zero-order valence-corrected chi connectivity index (χ0v) is 27.4. The van der Waals surface area contributed by atoms with E-state index in [0.29, 0.717) is 0 Å². The largest absolute Gasteiger partial charge is 0.456 e. The first-order chi connectivity index (χ1) is 25.2. The summed E-state index contributed by atoms with van der Waals surface area (Å²) in [6, 6.07) is 59.7. The van der Waals surface area contributed by atoms with E-state index in [1.54, 1.807) is 0 Å². The van der Waals surface area contributed by atoms with Crippen molar-refractivity contribution in [2.75, 3.05) is 0 Å². The molecule has 0 amide bonds. The molecule has 3 nitrogen and oxygen atoms in total. The Kier molecular flexibility index (Phi) is 5.96. The smallest absolute Gasteiger partial charge is 0.143 e. The molecule has 0 saturated heterocycles. The van der Waals surface area contributed by atoms with Crippen LogP contribution in [0.1, 0.15) is 0 Å². The third kappa shape index (κ3) is 4.45. The summed E-state index contributed by atoms with van der Waals surface area (Å²) in [4.78, 5) is 0. The van der Waals surface area contributed by atoms with Crippen LogP contribution in [0.4, 0.5) is 0 Å². The van der Waals surface area contributed by atoms with E-state index >= 15 is 0 Å². The zero-order valence-electron chi connectivity index (χ0n) is 27.4. The molecule has 0 radical (unpaired) electrons. The first-order valence-corrected chi connectivity index (χ1v) is 17.2. The number of benzene rings is 8. The highest BCUT2D eigenvalue weighted by molar-refractivity contribution is 6.10. The van der Waals surface area contributed by atoms with Crippen LogP contribution in [0.2, 0.25) is 0 Å². The van der Waals surface area contributed by atoms with Gasteiger partial charge in [-0.05, 0) is 87.5 Å². The molecule has 0 bridgehead atoms. The minimum Gasteiger partial charge on any atom is -0.456 e. The molecular weight excluding hydrogens is 625 g/mol. The molecule has 3 heteroatoms. The van der Waals surface area contributed by atoms with Gasteiger partial charge in [-0.3, -0.25) is 0 Å². The van der Waals surface area contributed by atoms with Crippen LogP contribution in [0.3, 0.4) is 0 Å². The highest BCUT2D eigenvalue weighted by Crippen LogP contribution is 2.39. The first-order valence-electron chi connectivity index (χ1n) is 17.2. The van der Waals surface area contributed by atoms with Gasteiger partial charge in [0.05, 0.1) is 0 Å². The Hall–Kier alpha value is -6.84. The highest BCUT2D eigenvalue weighted by Gasteiger charge is 2.14. The normalized spacial score (nSPS) is 11.9. The maximum Gasteiger partial charge on any atom is 0.143 e. The lowest BCUT2D eigenvalue weighted by atomic mass is 9.97. The minimum absolute atomic E-state index is 0.882. The first kappa shape index (κ1) is 28.0. The Morgan fingerprint density at radius 2 is 0.608 bits per heavy atom. The molecule has 0 spiro atoms. The number of para-hydroxylation sites is 3. The maximum absolute atomic E-state index is 6.48. The second-order valence-corrected chi connectivity index (χ2v) is 13.3. The molecule has 8 aromatic carbocycles. The molecule has 11 rings (SSSR count). The summed E-state index contributed by atoms with van der Waals surface area (Å²) in [6.07, 6.45) is 0. The van der Waals surface area contributed by atoms with E-state index in [2.05, 4.69) is 146 Å². The fourth-order valence-electron chi connectivity index (χ4n) is 7.71. The average Bonchev–Trinajstić information content (AvgIpc) is 3.88. The second-order valence-electron chi connectivity index (χ2n) is 13.3. The second kappa shape index (κ2) is 10.8. The topological polar surface area (TPSA) is 39.4 Å². The van der Waals surface area contributed by atoms with Gasteiger partial charge in [-0.15, -0.1) is 0 Å². The van der Waals surface area contributed by atoms with Gasteiger partial charge in [-0.25, -0.2) is 0 Å². The summed E-state index contributed by atoms with van der Waals surface area (Å²) < 4.78 is 18.9. The molecule has 238 valence electrons. The molecule has 0 unspecified atom stereocenters. The molecule has 0 aliphatic heterocycles. The van der Waals surface area contributed by atoms with Gasteiger partial charge in [0.1, 0.15) is 33.5 Å². The Morgan fingerprint density at radius 1 is 0.235 bits per heavy atom. The van der Waals surface area contributed by atoms with E-state index in [4.69, 9.17) is 13.3 Å². The third-order valence-electron chi connectivity index (χ3n) is 10.3. The van der Waals surface area contributed by atoms with Crippen molar-refractivity contribution in [1.82, 2.24) is 0 Å². The number of fused-ring (bicyclic) bond motifs is 9. The Bertz CT molecular complexity index is 3120. The van der Waals surface area contributed by atoms with Gasteiger partial charge in [-0.1, -0.05) is 121 Å². The van der Waals surface area contributed by atoms with Gasteiger partial charge in [0, 0.05) is 37.9 Å². The van der Waals surface area contributed by atoms with Crippen LogP contribution < -0.4 is 0 Å². The summed E-state index contributed by atoms with van der Waals surface area (Å²) >= 11 is 0. The number of hydrogen-bond acceptors (Lipinski definition) is 3. The zero-order chi connectivity index (χ0) is 33.5. The fraction of sp³-hybridized carbons (Fsp3) is 0. The minimum atomic E-state index is 0.882. The van der Waals surface area contributed by atoms with Crippen molar-refractivity contribution in [3.8, 4) is 44.5 Å². The van der Waals surface area contributed by atoms with Gasteiger partial charge in [-0.2, -0.15) is 0 Å². The van der Waals surface area contributed by atoms with Crippen molar-refractivity contribution in [3.63, 3.8) is 0 Å². The highest BCUT2D eigenvalue weighted by atomic mass is 16.3. The number of furan rings is 3. The molecule has 0 aliphatic carbocycles. The quantitative estimate of drug-likeness (QED) is 0.190. The molecule has 0 saturated carbocycles. The molecule has 0 aliphatic rings. The van der Waals surface area contributed by atoms with Crippen molar-refractivity contribution in [2.24, 2.45) is 0 Å². The Balaban J connectivity index is 0.886. The molecule has 0 atom stereocenters. The molecule has 51 heavy (non-hydrogen) atoms. The summed E-state index contributed by atoms with van der Waals surface area (Å²) in [5, 5.41) is 6.80. The van der Waals surface area contributed by atoms with Crippen LogP contribution in [0.15, 0.2) is 183 Å². The molecular formula is C48H28O3. The average molecular weight is 653 g/mol.